The van der Waals surface area contributed by atoms with Crippen LogP contribution in [0.15, 0.2) is 30.0 Å². The molecule has 1 aromatic carbocycles. The van der Waals surface area contributed by atoms with E-state index in [1.165, 1.54) is 49.7 Å². The summed E-state index contributed by atoms with van der Waals surface area (Å²) in [6.45, 7) is 9.42. The van der Waals surface area contributed by atoms with E-state index >= 15 is 0 Å². The monoisotopic (exact) mass is 332 g/mol. The first-order valence-electron chi connectivity index (χ1n) is 9.30. The fourth-order valence-corrected chi connectivity index (χ4v) is 3.72. The minimum atomic E-state index is -1.11. The van der Waals surface area contributed by atoms with E-state index in [0.717, 1.165) is 18.6 Å². The van der Waals surface area contributed by atoms with Crippen molar-refractivity contribution in [2.75, 3.05) is 7.11 Å². The van der Waals surface area contributed by atoms with Crippen LogP contribution in [0.1, 0.15) is 56.6 Å². The van der Waals surface area contributed by atoms with Crippen LogP contribution in [0, 0.1) is 0 Å². The minimum Gasteiger partial charge on any atom is -0.496 e. The number of ether oxygens (including phenoxy) is 1. The maximum absolute atomic E-state index is 5.61. The van der Waals surface area contributed by atoms with E-state index in [0.29, 0.717) is 0 Å². The molecule has 1 rings (SSSR count). The molecule has 0 aliphatic rings. The largest absolute Gasteiger partial charge is 0.496 e. The Hall–Kier alpha value is -1.02. The van der Waals surface area contributed by atoms with Gasteiger partial charge in [-0.15, -0.1) is 0 Å². The third-order valence-electron chi connectivity index (χ3n) is 4.19. The summed E-state index contributed by atoms with van der Waals surface area (Å²) in [6, 6.07) is 6.50. The molecule has 0 amide bonds. The van der Waals surface area contributed by atoms with Gasteiger partial charge in [0, 0.05) is 0 Å². The van der Waals surface area contributed by atoms with Gasteiger partial charge in [0.2, 0.25) is 0 Å². The molecule has 0 saturated carbocycles. The molecule has 0 atom stereocenters. The first-order valence-corrected chi connectivity index (χ1v) is 12.9. The van der Waals surface area contributed by atoms with E-state index < -0.39 is 8.07 Å². The molecule has 2 heteroatoms. The normalized spacial score (nSPS) is 12.0. The van der Waals surface area contributed by atoms with E-state index in [1.54, 1.807) is 7.11 Å². The van der Waals surface area contributed by atoms with Crippen molar-refractivity contribution in [1.29, 1.82) is 0 Å². The predicted molar refractivity (Wildman–Crippen MR) is 106 cm³/mol. The van der Waals surface area contributed by atoms with Gasteiger partial charge in [-0.25, -0.2) is 0 Å². The number of allylic oxidation sites excluding steroid dienone is 1. The first-order chi connectivity index (χ1) is 11.0. The molecule has 0 heterocycles. The predicted octanol–water partition coefficient (Wildman–Crippen LogP) is 6.57. The van der Waals surface area contributed by atoms with Gasteiger partial charge in [-0.05, 0) is 36.5 Å². The highest BCUT2D eigenvalue weighted by Crippen LogP contribution is 2.25. The molecular weight excluding hydrogens is 296 g/mol. The van der Waals surface area contributed by atoms with E-state index in [4.69, 9.17) is 4.74 Å². The van der Waals surface area contributed by atoms with Gasteiger partial charge in [-0.2, -0.15) is 0 Å². The lowest BCUT2D eigenvalue weighted by atomic mass is 9.97. The van der Waals surface area contributed by atoms with Crippen LogP contribution in [0.5, 0.6) is 5.75 Å². The molecule has 1 aromatic rings. The van der Waals surface area contributed by atoms with Gasteiger partial charge >= 0.3 is 0 Å². The van der Waals surface area contributed by atoms with Crippen LogP contribution in [0.4, 0.5) is 0 Å². The fraction of sp³-hybridized carbons (Fsp3) is 0.619. The van der Waals surface area contributed by atoms with Gasteiger partial charge in [-0.3, -0.25) is 0 Å². The second-order valence-corrected chi connectivity index (χ2v) is 12.7. The van der Waals surface area contributed by atoms with E-state index in [2.05, 4.69) is 56.5 Å². The Labute approximate surface area is 145 Å². The van der Waals surface area contributed by atoms with Gasteiger partial charge in [0.05, 0.1) is 15.2 Å². The van der Waals surface area contributed by atoms with Crippen LogP contribution in [-0.4, -0.2) is 15.2 Å². The number of benzene rings is 1. The van der Waals surface area contributed by atoms with Gasteiger partial charge in [0.25, 0.3) is 0 Å². The van der Waals surface area contributed by atoms with E-state index in [-0.39, 0.29) is 0 Å². The van der Waals surface area contributed by atoms with Crippen LogP contribution in [-0.2, 0) is 12.8 Å². The Kier molecular flexibility index (Phi) is 9.31. The van der Waals surface area contributed by atoms with E-state index in [1.807, 2.05) is 0 Å². The number of methoxy groups -OCH3 is 1. The maximum Gasteiger partial charge on any atom is 0.122 e. The van der Waals surface area contributed by atoms with Crippen LogP contribution >= 0.6 is 0 Å². The number of unbranched alkanes of at least 4 members (excludes halogenated alkanes) is 5. The van der Waals surface area contributed by atoms with Crippen LogP contribution < -0.4 is 4.74 Å². The maximum atomic E-state index is 5.61. The van der Waals surface area contributed by atoms with Gasteiger partial charge in [-0.1, -0.05) is 82.6 Å². The summed E-state index contributed by atoms with van der Waals surface area (Å²) in [5.41, 5.74) is 5.30. The number of hydrogen-bond donors (Lipinski definition) is 0. The lowest BCUT2D eigenvalue weighted by molar-refractivity contribution is 0.408. The van der Waals surface area contributed by atoms with Crippen molar-refractivity contribution in [3.8, 4) is 5.75 Å². The highest BCUT2D eigenvalue weighted by molar-refractivity contribution is 6.80. The Bertz CT molecular complexity index is 471. The van der Waals surface area contributed by atoms with Crippen molar-refractivity contribution in [3.05, 3.63) is 41.1 Å². The topological polar surface area (TPSA) is 9.23 Å². The second kappa shape index (κ2) is 10.7. The Morgan fingerprint density at radius 2 is 1.70 bits per heavy atom. The SMILES string of the molecule is CCCCCCCCc1c(C/C=C/[Si](C)(C)C)cccc1OC. The fourth-order valence-electron chi connectivity index (χ4n) is 2.90. The molecule has 1 nitrogen and oxygen atoms in total. The second-order valence-electron chi connectivity index (χ2n) is 7.59. The molecule has 0 aromatic heterocycles. The molecule has 0 fully saturated rings. The number of rotatable bonds is 11. The zero-order chi connectivity index (χ0) is 17.1. The first kappa shape index (κ1) is 20.0. The van der Waals surface area contributed by atoms with Crippen molar-refractivity contribution in [2.24, 2.45) is 0 Å². The van der Waals surface area contributed by atoms with Gasteiger partial charge < -0.3 is 4.74 Å². The minimum absolute atomic E-state index is 1.03. The average molecular weight is 333 g/mol. The molecule has 0 unspecified atom stereocenters. The molecule has 0 saturated heterocycles. The van der Waals surface area contributed by atoms with Crippen LogP contribution in [0.3, 0.4) is 0 Å². The molecule has 0 aliphatic carbocycles. The summed E-state index contributed by atoms with van der Waals surface area (Å²) in [4.78, 5) is 0. The van der Waals surface area contributed by atoms with Crippen molar-refractivity contribution in [1.82, 2.24) is 0 Å². The van der Waals surface area contributed by atoms with E-state index in [9.17, 15) is 0 Å². The summed E-state index contributed by atoms with van der Waals surface area (Å²) in [5.74, 6) is 1.07. The summed E-state index contributed by atoms with van der Waals surface area (Å²) in [6.07, 6.45) is 12.6. The molecule has 130 valence electrons. The van der Waals surface area contributed by atoms with Crippen LogP contribution in [0.2, 0.25) is 19.6 Å². The Balaban J connectivity index is 2.65. The van der Waals surface area contributed by atoms with Crippen LogP contribution in [0.25, 0.3) is 0 Å². The van der Waals surface area contributed by atoms with Crippen molar-refractivity contribution >= 4 is 8.07 Å². The lowest BCUT2D eigenvalue weighted by Gasteiger charge is -2.14. The quantitative estimate of drug-likeness (QED) is 0.329. The number of hydrogen-bond acceptors (Lipinski definition) is 1. The summed E-state index contributed by atoms with van der Waals surface area (Å²) < 4.78 is 5.61. The van der Waals surface area contributed by atoms with Gasteiger partial charge in [0.15, 0.2) is 0 Å². The van der Waals surface area contributed by atoms with Gasteiger partial charge in [0.1, 0.15) is 5.75 Å². The highest BCUT2D eigenvalue weighted by Gasteiger charge is 2.10. The zero-order valence-electron chi connectivity index (χ0n) is 16.0. The highest BCUT2D eigenvalue weighted by atomic mass is 28.3. The Morgan fingerprint density at radius 3 is 2.35 bits per heavy atom. The third kappa shape index (κ3) is 8.41. The molecule has 0 spiro atoms. The summed E-state index contributed by atoms with van der Waals surface area (Å²) in [5, 5.41) is 0. The van der Waals surface area contributed by atoms with Crippen molar-refractivity contribution in [3.63, 3.8) is 0 Å². The Morgan fingerprint density at radius 1 is 1.00 bits per heavy atom. The molecule has 0 bridgehead atoms. The molecular formula is C21H36OSi. The average Bonchev–Trinajstić information content (AvgIpc) is 2.50. The smallest absolute Gasteiger partial charge is 0.122 e. The standard InChI is InChI=1S/C21H36OSi/c1-6-7-8-9-10-11-16-20-19(14-12-17-21(20)22-2)15-13-18-23(3,4)5/h12-14,17-18H,6-11,15-16H2,1-5H3/b18-13+. The summed E-state index contributed by atoms with van der Waals surface area (Å²) in [7, 11) is 0.687. The molecule has 0 radical (unpaired) electrons. The van der Waals surface area contributed by atoms with Crippen molar-refractivity contribution in [2.45, 2.75) is 77.9 Å². The molecule has 0 aliphatic heterocycles. The zero-order valence-corrected chi connectivity index (χ0v) is 17.0. The summed E-state index contributed by atoms with van der Waals surface area (Å²) >= 11 is 0. The third-order valence-corrected chi connectivity index (χ3v) is 5.42. The molecule has 23 heavy (non-hydrogen) atoms. The van der Waals surface area contributed by atoms with Crippen molar-refractivity contribution < 1.29 is 4.74 Å². The lowest BCUT2D eigenvalue weighted by Crippen LogP contribution is -2.15. The molecule has 0 N–H and O–H groups in total.